The van der Waals surface area contributed by atoms with Crippen LogP contribution in [0.25, 0.3) is 0 Å². The Bertz CT molecular complexity index is 148. The molecular formula is C13H31NO3. The number of methoxy groups -OCH3 is 1. The number of ether oxygens (including phenoxy) is 2. The van der Waals surface area contributed by atoms with E-state index in [4.69, 9.17) is 4.74 Å². The summed E-state index contributed by atoms with van der Waals surface area (Å²) in [5.41, 5.74) is 0. The molecule has 0 saturated carbocycles. The number of rotatable bonds is 5. The topological polar surface area (TPSA) is 38.8 Å². The highest BCUT2D eigenvalue weighted by atomic mass is 16.5. The van der Waals surface area contributed by atoms with Crippen LogP contribution >= 0.6 is 0 Å². The molecule has 0 aliphatic carbocycles. The highest BCUT2D eigenvalue weighted by Crippen LogP contribution is 1.91. The van der Waals surface area contributed by atoms with Crippen LogP contribution in [-0.2, 0) is 14.3 Å². The number of esters is 1. The maximum atomic E-state index is 10.1. The average molecular weight is 249 g/mol. The lowest BCUT2D eigenvalue weighted by molar-refractivity contribution is -0.141. The zero-order valence-electron chi connectivity index (χ0n) is 12.9. The van der Waals surface area contributed by atoms with Gasteiger partial charge in [-0.1, -0.05) is 27.7 Å². The van der Waals surface area contributed by atoms with Crippen LogP contribution in [-0.4, -0.2) is 51.8 Å². The minimum absolute atomic E-state index is 0.196. The summed E-state index contributed by atoms with van der Waals surface area (Å²) < 4.78 is 9.48. The number of likely N-dealkylation sites (N-methyl/N-ethyl adjacent to an activating group) is 1. The first-order valence-corrected chi connectivity index (χ1v) is 6.17. The molecule has 0 fully saturated rings. The lowest BCUT2D eigenvalue weighted by Crippen LogP contribution is -2.16. The summed E-state index contributed by atoms with van der Waals surface area (Å²) in [5.74, 6) is 0.248. The first-order chi connectivity index (χ1) is 7.90. The van der Waals surface area contributed by atoms with Crippen LogP contribution < -0.4 is 0 Å². The number of hydrogen-bond acceptors (Lipinski definition) is 4. The van der Waals surface area contributed by atoms with Gasteiger partial charge in [0.05, 0.1) is 13.2 Å². The average Bonchev–Trinajstić information content (AvgIpc) is 2.27. The zero-order chi connectivity index (χ0) is 14.3. The van der Waals surface area contributed by atoms with Gasteiger partial charge in [-0.15, -0.1) is 0 Å². The highest BCUT2D eigenvalue weighted by molar-refractivity contribution is 5.65. The Morgan fingerprint density at radius 3 is 1.82 bits per heavy atom. The lowest BCUT2D eigenvalue weighted by atomic mass is 10.2. The quantitative estimate of drug-likeness (QED) is 0.701. The molecule has 0 bridgehead atoms. The molecule has 0 aliphatic heterocycles. The van der Waals surface area contributed by atoms with Gasteiger partial charge in [-0.3, -0.25) is 4.79 Å². The van der Waals surface area contributed by atoms with E-state index in [0.29, 0.717) is 12.5 Å². The van der Waals surface area contributed by atoms with E-state index in [1.165, 1.54) is 6.92 Å². The smallest absolute Gasteiger partial charge is 0.302 e. The number of nitrogens with zero attached hydrogens (tertiary/aromatic N) is 1. The Labute approximate surface area is 107 Å². The van der Waals surface area contributed by atoms with Gasteiger partial charge in [0.15, 0.2) is 0 Å². The maximum Gasteiger partial charge on any atom is 0.302 e. The van der Waals surface area contributed by atoms with Gasteiger partial charge in [-0.05, 0) is 20.0 Å². The Hall–Kier alpha value is -0.610. The Kier molecular flexibility index (Phi) is 22.6. The molecule has 4 heteroatoms. The van der Waals surface area contributed by atoms with E-state index in [2.05, 4.69) is 9.64 Å². The number of hydrogen-bond donors (Lipinski definition) is 0. The first-order valence-electron chi connectivity index (χ1n) is 6.17. The SMILES string of the molecule is CC.CC(=O)OCC(C)C.COCCN(C)C. The van der Waals surface area contributed by atoms with E-state index in [0.717, 1.165) is 13.2 Å². The molecule has 106 valence electrons. The summed E-state index contributed by atoms with van der Waals surface area (Å²) in [6.45, 7) is 11.8. The maximum absolute atomic E-state index is 10.1. The molecule has 0 amide bonds. The molecule has 0 rings (SSSR count). The Morgan fingerprint density at radius 1 is 1.24 bits per heavy atom. The summed E-state index contributed by atoms with van der Waals surface area (Å²) in [6, 6.07) is 0. The number of carbonyl (C=O) groups excluding carboxylic acids is 1. The van der Waals surface area contributed by atoms with E-state index in [1.54, 1.807) is 7.11 Å². The van der Waals surface area contributed by atoms with E-state index in [-0.39, 0.29) is 5.97 Å². The van der Waals surface area contributed by atoms with E-state index in [1.807, 2.05) is 41.8 Å². The van der Waals surface area contributed by atoms with Gasteiger partial charge in [-0.2, -0.15) is 0 Å². The summed E-state index contributed by atoms with van der Waals surface area (Å²) >= 11 is 0. The largest absolute Gasteiger partial charge is 0.466 e. The van der Waals surface area contributed by atoms with Crippen molar-refractivity contribution in [1.82, 2.24) is 4.90 Å². The molecule has 0 aromatic heterocycles. The van der Waals surface area contributed by atoms with Crippen LogP contribution in [0.3, 0.4) is 0 Å². The molecule has 0 aliphatic rings. The molecule has 0 heterocycles. The third-order valence-corrected chi connectivity index (χ3v) is 1.36. The minimum Gasteiger partial charge on any atom is -0.466 e. The van der Waals surface area contributed by atoms with Crippen molar-refractivity contribution >= 4 is 5.97 Å². The van der Waals surface area contributed by atoms with Crippen molar-refractivity contribution in [1.29, 1.82) is 0 Å². The van der Waals surface area contributed by atoms with E-state index in [9.17, 15) is 4.79 Å². The van der Waals surface area contributed by atoms with Gasteiger partial charge in [0.2, 0.25) is 0 Å². The van der Waals surface area contributed by atoms with Crippen LogP contribution in [0.5, 0.6) is 0 Å². The van der Waals surface area contributed by atoms with Gasteiger partial charge in [0.1, 0.15) is 0 Å². The van der Waals surface area contributed by atoms with Gasteiger partial charge >= 0.3 is 5.97 Å². The molecule has 0 radical (unpaired) electrons. The van der Waals surface area contributed by atoms with Gasteiger partial charge in [0.25, 0.3) is 0 Å². The summed E-state index contributed by atoms with van der Waals surface area (Å²) in [7, 11) is 5.77. The fourth-order valence-electron chi connectivity index (χ4n) is 0.558. The molecule has 0 aromatic rings. The van der Waals surface area contributed by atoms with Gasteiger partial charge in [0, 0.05) is 20.6 Å². The number of carbonyl (C=O) groups is 1. The highest BCUT2D eigenvalue weighted by Gasteiger charge is 1.94. The van der Waals surface area contributed by atoms with E-state index >= 15 is 0 Å². The minimum atomic E-state index is -0.196. The summed E-state index contributed by atoms with van der Waals surface area (Å²) in [6.07, 6.45) is 0. The normalized spacial score (nSPS) is 9.06. The molecular weight excluding hydrogens is 218 g/mol. The lowest BCUT2D eigenvalue weighted by Gasteiger charge is -2.06. The van der Waals surface area contributed by atoms with Crippen LogP contribution in [0.15, 0.2) is 0 Å². The van der Waals surface area contributed by atoms with Crippen molar-refractivity contribution in [2.45, 2.75) is 34.6 Å². The molecule has 4 nitrogen and oxygen atoms in total. The molecule has 0 saturated heterocycles. The molecule has 0 N–H and O–H groups in total. The second-order valence-corrected chi connectivity index (χ2v) is 3.99. The van der Waals surface area contributed by atoms with Crippen molar-refractivity contribution in [3.63, 3.8) is 0 Å². The Morgan fingerprint density at radius 2 is 1.71 bits per heavy atom. The van der Waals surface area contributed by atoms with Crippen LogP contribution in [0, 0.1) is 5.92 Å². The summed E-state index contributed by atoms with van der Waals surface area (Å²) in [5, 5.41) is 0. The first kappa shape index (κ1) is 21.7. The van der Waals surface area contributed by atoms with Crippen molar-refractivity contribution in [3.8, 4) is 0 Å². The van der Waals surface area contributed by atoms with Crippen molar-refractivity contribution < 1.29 is 14.3 Å². The third-order valence-electron chi connectivity index (χ3n) is 1.36. The van der Waals surface area contributed by atoms with Crippen molar-refractivity contribution in [2.75, 3.05) is 41.0 Å². The van der Waals surface area contributed by atoms with Crippen molar-refractivity contribution in [3.05, 3.63) is 0 Å². The zero-order valence-corrected chi connectivity index (χ0v) is 12.9. The van der Waals surface area contributed by atoms with Crippen molar-refractivity contribution in [2.24, 2.45) is 5.92 Å². The van der Waals surface area contributed by atoms with Crippen LogP contribution in [0.1, 0.15) is 34.6 Å². The monoisotopic (exact) mass is 249 g/mol. The molecule has 0 atom stereocenters. The second kappa shape index (κ2) is 17.8. The Balaban J connectivity index is -0.000000202. The molecule has 0 spiro atoms. The fourth-order valence-corrected chi connectivity index (χ4v) is 0.558. The van der Waals surface area contributed by atoms with E-state index < -0.39 is 0 Å². The van der Waals surface area contributed by atoms with Crippen LogP contribution in [0.2, 0.25) is 0 Å². The van der Waals surface area contributed by atoms with Crippen LogP contribution in [0.4, 0.5) is 0 Å². The summed E-state index contributed by atoms with van der Waals surface area (Å²) in [4.78, 5) is 12.2. The fraction of sp³-hybridized carbons (Fsp3) is 0.923. The second-order valence-electron chi connectivity index (χ2n) is 3.99. The molecule has 0 unspecified atom stereocenters. The van der Waals surface area contributed by atoms with Gasteiger partial charge < -0.3 is 14.4 Å². The third kappa shape index (κ3) is 39.2. The molecule has 0 aromatic carbocycles. The van der Waals surface area contributed by atoms with Gasteiger partial charge in [-0.25, -0.2) is 0 Å². The predicted molar refractivity (Wildman–Crippen MR) is 73.2 cm³/mol. The predicted octanol–water partition coefficient (Wildman–Crippen LogP) is 2.43. The standard InChI is InChI=1S/C6H12O2.C5H13NO.C2H6/c1-5(2)4-8-6(3)7;1-6(2)4-5-7-3;1-2/h5H,4H2,1-3H3;4-5H2,1-3H3;1-2H3. The molecule has 17 heavy (non-hydrogen) atoms.